The van der Waals surface area contributed by atoms with Crippen molar-refractivity contribution in [1.29, 1.82) is 0 Å². The molecule has 1 amide bonds. The number of nitrogens with one attached hydrogen (secondary N) is 1. The van der Waals surface area contributed by atoms with Gasteiger partial charge in [-0.25, -0.2) is 22.7 Å². The van der Waals surface area contributed by atoms with E-state index in [0.29, 0.717) is 5.56 Å². The summed E-state index contributed by atoms with van der Waals surface area (Å²) < 4.78 is 60.8. The van der Waals surface area contributed by atoms with Crippen LogP contribution in [-0.2, 0) is 38.4 Å². The summed E-state index contributed by atoms with van der Waals surface area (Å²) in [6.45, 7) is 4.78. The Morgan fingerprint density at radius 1 is 1.05 bits per heavy atom. The van der Waals surface area contributed by atoms with E-state index in [-0.39, 0.29) is 18.1 Å². The first-order valence-electron chi connectivity index (χ1n) is 12.0. The van der Waals surface area contributed by atoms with Crippen molar-refractivity contribution in [2.45, 2.75) is 49.4 Å². The molecule has 0 spiro atoms. The minimum absolute atomic E-state index is 0.0971. The highest BCUT2D eigenvalue weighted by Gasteiger charge is 2.54. The number of methoxy groups -OCH3 is 2. The summed E-state index contributed by atoms with van der Waals surface area (Å²) in [5.74, 6) is -3.24. The molecule has 0 aliphatic carbocycles. The number of ether oxygens (including phenoxy) is 6. The van der Waals surface area contributed by atoms with E-state index in [0.717, 1.165) is 5.56 Å². The van der Waals surface area contributed by atoms with E-state index in [1.807, 2.05) is 4.72 Å². The molecule has 1 aliphatic heterocycles. The Balaban J connectivity index is 1.75. The van der Waals surface area contributed by atoms with Crippen LogP contribution < -0.4 is 4.72 Å². The van der Waals surface area contributed by atoms with Gasteiger partial charge in [0.1, 0.15) is 12.7 Å². The molecule has 3 rings (SSSR count). The number of hydrogen-bond acceptors (Lipinski definition) is 10. The van der Waals surface area contributed by atoms with Crippen LogP contribution in [0.5, 0.6) is 0 Å². The molecule has 2 aromatic rings. The second-order valence-corrected chi connectivity index (χ2v) is 10.6. The number of hydrogen-bond donors (Lipinski definition) is 1. The molecule has 0 radical (unpaired) electrons. The van der Waals surface area contributed by atoms with Crippen molar-refractivity contribution in [2.75, 3.05) is 27.4 Å². The predicted molar refractivity (Wildman–Crippen MR) is 139 cm³/mol. The summed E-state index contributed by atoms with van der Waals surface area (Å²) in [4.78, 5) is 24.8. The number of rotatable bonds is 10. The second-order valence-electron chi connectivity index (χ2n) is 8.95. The fraction of sp³-hybridized carbons (Fsp3) is 0.407. The molecular formula is C27H33NO10S. The zero-order chi connectivity index (χ0) is 28.7. The normalized spacial score (nSPS) is 24.2. The number of sulfonamides is 1. The molecule has 0 aromatic heterocycles. The lowest BCUT2D eigenvalue weighted by atomic mass is 10.0. The average Bonchev–Trinajstić information content (AvgIpc) is 2.92. The van der Waals surface area contributed by atoms with Crippen molar-refractivity contribution < 1.29 is 46.4 Å². The number of esters is 1. The monoisotopic (exact) mass is 563 g/mol. The lowest BCUT2D eigenvalue weighted by Gasteiger charge is -2.49. The summed E-state index contributed by atoms with van der Waals surface area (Å²) in [5, 5.41) is 0. The molecule has 39 heavy (non-hydrogen) atoms. The zero-order valence-electron chi connectivity index (χ0n) is 22.4. The molecule has 1 N–H and O–H groups in total. The van der Waals surface area contributed by atoms with Crippen molar-refractivity contribution in [3.05, 3.63) is 77.9 Å². The largest absolute Gasteiger partial charge is 0.458 e. The van der Waals surface area contributed by atoms with Gasteiger partial charge in [-0.3, -0.25) is 0 Å². The molecule has 0 bridgehead atoms. The van der Waals surface area contributed by atoms with Crippen LogP contribution >= 0.6 is 0 Å². The summed E-state index contributed by atoms with van der Waals surface area (Å²) in [6.07, 6.45) is -0.480. The first-order chi connectivity index (χ1) is 18.4. The Bertz CT molecular complexity index is 1270. The highest BCUT2D eigenvalue weighted by atomic mass is 32.2. The van der Waals surface area contributed by atoms with Gasteiger partial charge in [-0.1, -0.05) is 35.9 Å². The van der Waals surface area contributed by atoms with Crippen molar-refractivity contribution in [1.82, 2.24) is 4.72 Å². The van der Waals surface area contributed by atoms with Gasteiger partial charge in [0.05, 0.1) is 17.1 Å². The quantitative estimate of drug-likeness (QED) is 0.339. The Morgan fingerprint density at radius 3 is 2.31 bits per heavy atom. The molecule has 212 valence electrons. The third kappa shape index (κ3) is 7.43. The highest BCUT2D eigenvalue weighted by molar-refractivity contribution is 7.90. The van der Waals surface area contributed by atoms with Crippen molar-refractivity contribution in [2.24, 2.45) is 0 Å². The SMILES string of the molecule is COC1(C)OC[C@H]([C@@H](/C=C\COC(=O)c2ccccc2)OC(=O)NS(=O)(=O)c2ccc(C)cc2)O[C@@]1(C)OC. The van der Waals surface area contributed by atoms with Crippen LogP contribution in [0, 0.1) is 6.92 Å². The molecule has 2 aromatic carbocycles. The van der Waals surface area contributed by atoms with Crippen molar-refractivity contribution in [3.63, 3.8) is 0 Å². The number of carbonyl (C=O) groups is 2. The molecule has 11 nitrogen and oxygen atoms in total. The summed E-state index contributed by atoms with van der Waals surface area (Å²) >= 11 is 0. The average molecular weight is 564 g/mol. The van der Waals surface area contributed by atoms with Gasteiger partial charge >= 0.3 is 12.1 Å². The number of aryl methyl sites for hydroxylation is 1. The Morgan fingerprint density at radius 2 is 1.69 bits per heavy atom. The van der Waals surface area contributed by atoms with E-state index >= 15 is 0 Å². The maximum absolute atomic E-state index is 12.7. The maximum Gasteiger partial charge on any atom is 0.421 e. The topological polar surface area (TPSA) is 136 Å². The Kier molecular flexibility index (Phi) is 9.86. The molecule has 4 atom stereocenters. The van der Waals surface area contributed by atoms with Gasteiger partial charge in [-0.05, 0) is 57.2 Å². The molecule has 1 heterocycles. The van der Waals surface area contributed by atoms with Gasteiger partial charge in [0.2, 0.25) is 11.6 Å². The highest BCUT2D eigenvalue weighted by Crippen LogP contribution is 2.37. The summed E-state index contributed by atoms with van der Waals surface area (Å²) in [7, 11) is -1.37. The third-order valence-electron chi connectivity index (χ3n) is 6.31. The van der Waals surface area contributed by atoms with Crippen molar-refractivity contribution in [3.8, 4) is 0 Å². The first kappa shape index (κ1) is 30.3. The van der Waals surface area contributed by atoms with Crippen LogP contribution in [0.25, 0.3) is 0 Å². The van der Waals surface area contributed by atoms with E-state index in [1.165, 1.54) is 38.5 Å². The summed E-state index contributed by atoms with van der Waals surface area (Å²) in [5.41, 5.74) is 1.23. The summed E-state index contributed by atoms with van der Waals surface area (Å²) in [6, 6.07) is 14.4. The molecular weight excluding hydrogens is 530 g/mol. The molecule has 1 aliphatic rings. The third-order valence-corrected chi connectivity index (χ3v) is 7.64. The fourth-order valence-electron chi connectivity index (χ4n) is 3.69. The number of carbonyl (C=O) groups excluding carboxylic acids is 2. The van der Waals surface area contributed by atoms with E-state index in [2.05, 4.69) is 0 Å². The smallest absolute Gasteiger partial charge is 0.421 e. The van der Waals surface area contributed by atoms with Gasteiger partial charge in [0, 0.05) is 14.2 Å². The zero-order valence-corrected chi connectivity index (χ0v) is 23.2. The molecule has 0 saturated carbocycles. The van der Waals surface area contributed by atoms with Gasteiger partial charge < -0.3 is 28.4 Å². The minimum atomic E-state index is -4.20. The van der Waals surface area contributed by atoms with Crippen LogP contribution in [0.15, 0.2) is 71.6 Å². The van der Waals surface area contributed by atoms with Gasteiger partial charge in [-0.15, -0.1) is 0 Å². The number of amides is 1. The first-order valence-corrected chi connectivity index (χ1v) is 13.5. The lowest BCUT2D eigenvalue weighted by molar-refractivity contribution is -0.435. The van der Waals surface area contributed by atoms with E-state index < -0.39 is 45.9 Å². The predicted octanol–water partition coefficient (Wildman–Crippen LogP) is 3.33. The standard InChI is InChI=1S/C27H33NO10S/c1-19-13-15-21(16-14-19)39(31,32)28-25(30)37-22(12-9-17-35-24(29)20-10-7-6-8-11-20)23-18-36-26(2,33-4)27(3,34-5)38-23/h6-16,22-23H,17-18H2,1-5H3,(H,28,30)/b12-9-/t22-,23-,26?,27-/m1/s1. The number of benzene rings is 2. The van der Waals surface area contributed by atoms with E-state index in [4.69, 9.17) is 28.4 Å². The van der Waals surface area contributed by atoms with Gasteiger partial charge in [0.15, 0.2) is 6.10 Å². The van der Waals surface area contributed by atoms with Crippen LogP contribution in [0.3, 0.4) is 0 Å². The van der Waals surface area contributed by atoms with Gasteiger partial charge in [0.25, 0.3) is 10.0 Å². The lowest BCUT2D eigenvalue weighted by Crippen LogP contribution is -2.64. The van der Waals surface area contributed by atoms with E-state index in [1.54, 1.807) is 63.2 Å². The molecule has 1 unspecified atom stereocenters. The molecule has 1 saturated heterocycles. The van der Waals surface area contributed by atoms with Crippen LogP contribution in [0.1, 0.15) is 29.8 Å². The Hall–Kier alpha value is -3.29. The van der Waals surface area contributed by atoms with Crippen molar-refractivity contribution >= 4 is 22.1 Å². The van der Waals surface area contributed by atoms with Crippen LogP contribution in [-0.4, -0.2) is 71.7 Å². The van der Waals surface area contributed by atoms with E-state index in [9.17, 15) is 18.0 Å². The van der Waals surface area contributed by atoms with Crippen LogP contribution in [0.4, 0.5) is 4.79 Å². The molecule has 1 fully saturated rings. The molecule has 12 heteroatoms. The van der Waals surface area contributed by atoms with Crippen LogP contribution in [0.2, 0.25) is 0 Å². The second kappa shape index (κ2) is 12.7. The van der Waals surface area contributed by atoms with Gasteiger partial charge in [-0.2, -0.15) is 0 Å². The minimum Gasteiger partial charge on any atom is -0.458 e. The fourth-order valence-corrected chi connectivity index (χ4v) is 4.57. The maximum atomic E-state index is 12.7. The Labute approximate surface area is 228 Å².